The monoisotopic (exact) mass is 685 g/mol. The van der Waals surface area contributed by atoms with Gasteiger partial charge in [-0.3, -0.25) is 0 Å². The number of benzene rings is 7. The van der Waals surface area contributed by atoms with E-state index in [4.69, 9.17) is 9.97 Å². The molecule has 0 aliphatic heterocycles. The van der Waals surface area contributed by atoms with Gasteiger partial charge < -0.3 is 4.57 Å². The molecular formula is C46H27N3S2. The lowest BCUT2D eigenvalue weighted by Crippen LogP contribution is -1.99. The molecule has 0 aliphatic carbocycles. The Morgan fingerprint density at radius 3 is 1.67 bits per heavy atom. The van der Waals surface area contributed by atoms with Gasteiger partial charge in [0.2, 0.25) is 0 Å². The predicted molar refractivity (Wildman–Crippen MR) is 218 cm³/mol. The van der Waals surface area contributed by atoms with Crippen LogP contribution in [-0.4, -0.2) is 14.5 Å². The van der Waals surface area contributed by atoms with Gasteiger partial charge in [-0.25, -0.2) is 9.97 Å². The summed E-state index contributed by atoms with van der Waals surface area (Å²) in [6.45, 7) is 0. The number of rotatable bonds is 4. The summed E-state index contributed by atoms with van der Waals surface area (Å²) in [5.41, 5.74) is 8.46. The second kappa shape index (κ2) is 11.2. The van der Waals surface area contributed by atoms with Crippen molar-refractivity contribution in [3.8, 4) is 39.6 Å². The molecule has 11 aromatic rings. The van der Waals surface area contributed by atoms with Crippen molar-refractivity contribution in [2.45, 2.75) is 0 Å². The Balaban J connectivity index is 1.25. The van der Waals surface area contributed by atoms with Gasteiger partial charge in [0, 0.05) is 73.5 Å². The van der Waals surface area contributed by atoms with Gasteiger partial charge in [-0.05, 0) is 42.5 Å². The normalized spacial score (nSPS) is 11.9. The number of para-hydroxylation sites is 1. The molecule has 7 aromatic carbocycles. The number of nitrogens with zero attached hydrogens (tertiary/aromatic N) is 3. The minimum atomic E-state index is 0.723. The lowest BCUT2D eigenvalue weighted by molar-refractivity contribution is 1.17. The Morgan fingerprint density at radius 1 is 0.412 bits per heavy atom. The fourth-order valence-electron chi connectivity index (χ4n) is 7.70. The van der Waals surface area contributed by atoms with Crippen molar-refractivity contribution >= 4 is 84.8 Å². The second-order valence-corrected chi connectivity index (χ2v) is 15.1. The molecule has 0 spiro atoms. The standard InChI is InChI=1S/C46H27N3S2/c1-3-13-28(14-4-1)37-27-38(29-15-5-2-6-16-29)48-46(47-37)36-26-30(25-35-32-18-9-12-22-42(32)50-44(35)36)49-39-20-10-7-19-34(39)43-40(49)24-23-33-31-17-8-11-21-41(31)51-45(33)43/h1-27H. The summed E-state index contributed by atoms with van der Waals surface area (Å²) < 4.78 is 7.54. The van der Waals surface area contributed by atoms with Gasteiger partial charge in [0.25, 0.3) is 0 Å². The molecule has 51 heavy (non-hydrogen) atoms. The molecule has 5 heteroatoms. The third-order valence-electron chi connectivity index (χ3n) is 10.0. The third kappa shape index (κ3) is 4.42. The fourth-order valence-corrected chi connectivity index (χ4v) is 10.2. The molecule has 0 bridgehead atoms. The summed E-state index contributed by atoms with van der Waals surface area (Å²) in [6, 6.07) is 58.6. The first kappa shape index (κ1) is 28.7. The van der Waals surface area contributed by atoms with E-state index < -0.39 is 0 Å². The van der Waals surface area contributed by atoms with Gasteiger partial charge >= 0.3 is 0 Å². The molecular weight excluding hydrogens is 659 g/mol. The molecule has 0 saturated carbocycles. The lowest BCUT2D eigenvalue weighted by atomic mass is 10.0. The smallest absolute Gasteiger partial charge is 0.161 e. The maximum Gasteiger partial charge on any atom is 0.161 e. The van der Waals surface area contributed by atoms with Gasteiger partial charge in [0.05, 0.1) is 22.4 Å². The zero-order valence-corrected chi connectivity index (χ0v) is 28.9. The highest BCUT2D eigenvalue weighted by Gasteiger charge is 2.21. The minimum absolute atomic E-state index is 0.723. The van der Waals surface area contributed by atoms with Crippen molar-refractivity contribution < 1.29 is 0 Å². The van der Waals surface area contributed by atoms with Crippen LogP contribution in [0.2, 0.25) is 0 Å². The lowest BCUT2D eigenvalue weighted by Gasteiger charge is -2.13. The van der Waals surface area contributed by atoms with E-state index >= 15 is 0 Å². The van der Waals surface area contributed by atoms with E-state index in [0.29, 0.717) is 0 Å². The van der Waals surface area contributed by atoms with Crippen LogP contribution in [0.4, 0.5) is 0 Å². The molecule has 0 fully saturated rings. The van der Waals surface area contributed by atoms with Crippen LogP contribution < -0.4 is 0 Å². The van der Waals surface area contributed by atoms with Crippen LogP contribution in [-0.2, 0) is 0 Å². The van der Waals surface area contributed by atoms with Crippen LogP contribution in [0.3, 0.4) is 0 Å². The molecule has 0 N–H and O–H groups in total. The summed E-state index contributed by atoms with van der Waals surface area (Å²) in [4.78, 5) is 10.6. The van der Waals surface area contributed by atoms with Crippen LogP contribution in [0.1, 0.15) is 0 Å². The van der Waals surface area contributed by atoms with Gasteiger partial charge in [-0.1, -0.05) is 121 Å². The molecule has 4 aromatic heterocycles. The van der Waals surface area contributed by atoms with Crippen molar-refractivity contribution in [2.24, 2.45) is 0 Å². The van der Waals surface area contributed by atoms with E-state index in [1.165, 1.54) is 62.2 Å². The van der Waals surface area contributed by atoms with Crippen molar-refractivity contribution in [1.82, 2.24) is 14.5 Å². The van der Waals surface area contributed by atoms with Crippen molar-refractivity contribution in [2.75, 3.05) is 0 Å². The van der Waals surface area contributed by atoms with Gasteiger partial charge in [-0.15, -0.1) is 22.7 Å². The highest BCUT2D eigenvalue weighted by molar-refractivity contribution is 7.27. The zero-order chi connectivity index (χ0) is 33.5. The first-order valence-corrected chi connectivity index (χ1v) is 18.7. The van der Waals surface area contributed by atoms with E-state index in [1.807, 2.05) is 34.8 Å². The minimum Gasteiger partial charge on any atom is -0.309 e. The van der Waals surface area contributed by atoms with Crippen LogP contribution in [0, 0.1) is 0 Å². The predicted octanol–water partition coefficient (Wildman–Crippen LogP) is 13.3. The van der Waals surface area contributed by atoms with Crippen LogP contribution in [0.25, 0.3) is 102 Å². The average molecular weight is 686 g/mol. The summed E-state index contributed by atoms with van der Waals surface area (Å²) in [5.74, 6) is 0.723. The van der Waals surface area contributed by atoms with Crippen LogP contribution in [0.15, 0.2) is 164 Å². The van der Waals surface area contributed by atoms with E-state index in [0.717, 1.165) is 39.6 Å². The van der Waals surface area contributed by atoms with E-state index in [-0.39, 0.29) is 0 Å². The zero-order valence-electron chi connectivity index (χ0n) is 27.2. The molecule has 0 saturated heterocycles. The Morgan fingerprint density at radius 2 is 0.980 bits per heavy atom. The average Bonchev–Trinajstić information content (AvgIpc) is 3.87. The molecule has 238 valence electrons. The molecule has 3 nitrogen and oxygen atoms in total. The Kier molecular flexibility index (Phi) is 6.29. The number of aromatic nitrogens is 3. The molecule has 0 aliphatic rings. The highest BCUT2D eigenvalue weighted by Crippen LogP contribution is 2.46. The quantitative estimate of drug-likeness (QED) is 0.185. The number of fused-ring (bicyclic) bond motifs is 10. The topological polar surface area (TPSA) is 30.7 Å². The number of hydrogen-bond donors (Lipinski definition) is 0. The molecule has 0 atom stereocenters. The molecule has 4 heterocycles. The molecule has 0 amide bonds. The molecule has 0 radical (unpaired) electrons. The first-order chi connectivity index (χ1) is 25.3. The van der Waals surface area contributed by atoms with Gasteiger partial charge in [0.15, 0.2) is 5.82 Å². The maximum atomic E-state index is 5.32. The largest absolute Gasteiger partial charge is 0.309 e. The summed E-state index contributed by atoms with van der Waals surface area (Å²) in [6.07, 6.45) is 0. The van der Waals surface area contributed by atoms with E-state index in [1.54, 1.807) is 0 Å². The summed E-state index contributed by atoms with van der Waals surface area (Å²) >= 11 is 3.70. The SMILES string of the molecule is c1ccc(-c2cc(-c3ccccc3)nc(-c3cc(-n4c5ccccc5c5c6sc7ccccc7c6ccc54)cc4c3sc3ccccc34)n2)cc1. The summed E-state index contributed by atoms with van der Waals surface area (Å²) in [7, 11) is 0. The van der Waals surface area contributed by atoms with Gasteiger partial charge in [0.1, 0.15) is 0 Å². The Bertz CT molecular complexity index is 3080. The molecule has 11 rings (SSSR count). The third-order valence-corrected chi connectivity index (χ3v) is 12.4. The van der Waals surface area contributed by atoms with E-state index in [2.05, 4.69) is 156 Å². The maximum absolute atomic E-state index is 5.32. The van der Waals surface area contributed by atoms with Crippen molar-refractivity contribution in [1.29, 1.82) is 0 Å². The second-order valence-electron chi connectivity index (χ2n) is 12.9. The van der Waals surface area contributed by atoms with Crippen molar-refractivity contribution in [3.05, 3.63) is 164 Å². The summed E-state index contributed by atoms with van der Waals surface area (Å²) in [5, 5.41) is 7.65. The van der Waals surface area contributed by atoms with Crippen LogP contribution in [0.5, 0.6) is 0 Å². The van der Waals surface area contributed by atoms with Crippen LogP contribution >= 0.6 is 22.7 Å². The Hall–Kier alpha value is -6.14. The fraction of sp³-hybridized carbons (Fsp3) is 0. The van der Waals surface area contributed by atoms with E-state index in [9.17, 15) is 0 Å². The first-order valence-electron chi connectivity index (χ1n) is 17.1. The Labute approximate surface area is 301 Å². The molecule has 0 unspecified atom stereocenters. The number of thiophene rings is 2. The number of hydrogen-bond acceptors (Lipinski definition) is 4. The van der Waals surface area contributed by atoms with Gasteiger partial charge in [-0.2, -0.15) is 0 Å². The highest BCUT2D eigenvalue weighted by atomic mass is 32.1. The van der Waals surface area contributed by atoms with Crippen molar-refractivity contribution in [3.63, 3.8) is 0 Å².